The number of carbonyl (C=O) groups excluding carboxylic acids is 2. The lowest BCUT2D eigenvalue weighted by atomic mass is 9.72. The van der Waals surface area contributed by atoms with Crippen LogP contribution in [-0.4, -0.2) is 11.8 Å². The molecule has 7 heteroatoms. The highest BCUT2D eigenvalue weighted by atomic mass is 35.5. The van der Waals surface area contributed by atoms with Gasteiger partial charge in [-0.3, -0.25) is 9.69 Å². The van der Waals surface area contributed by atoms with Gasteiger partial charge in [-0.15, -0.1) is 0 Å². The summed E-state index contributed by atoms with van der Waals surface area (Å²) in [5.41, 5.74) is 4.50. The lowest BCUT2D eigenvalue weighted by molar-refractivity contribution is -0.124. The second kappa shape index (κ2) is 10.0. The van der Waals surface area contributed by atoms with Crippen molar-refractivity contribution in [2.75, 3.05) is 15.5 Å². The van der Waals surface area contributed by atoms with Crippen molar-refractivity contribution in [1.82, 2.24) is 0 Å². The maximum atomic E-state index is 14.2. The van der Waals surface area contributed by atoms with Gasteiger partial charge in [-0.05, 0) is 52.3 Å². The van der Waals surface area contributed by atoms with E-state index in [0.29, 0.717) is 27.8 Å². The first kappa shape index (κ1) is 27.3. The van der Waals surface area contributed by atoms with Crippen molar-refractivity contribution >= 4 is 52.1 Å². The maximum Gasteiger partial charge on any atom is 0.327 e. The maximum absolute atomic E-state index is 14.2. The standard InChI is InChI=1S/C32H33Cl2N3O2/c1-31(2,3)20-12-10-19(11-13-20)29-28-25(17-32(4,5)18-27(28)38)36-24-8-6-7-9-26(24)37(29)30(39)35-21-14-15-22(33)23(34)16-21/h6-17,28-29,36H,18H2,1-5H3,(H,35,39)/t28-,29-/m0/s1. The third kappa shape index (κ3) is 5.43. The highest BCUT2D eigenvalue weighted by molar-refractivity contribution is 6.42. The number of urea groups is 1. The molecule has 0 bridgehead atoms. The van der Waals surface area contributed by atoms with Crippen LogP contribution < -0.4 is 15.5 Å². The smallest absolute Gasteiger partial charge is 0.327 e. The Bertz CT molecular complexity index is 1470. The molecule has 3 aromatic carbocycles. The van der Waals surface area contributed by atoms with Crippen LogP contribution >= 0.6 is 23.2 Å². The molecule has 0 saturated carbocycles. The molecule has 0 aromatic heterocycles. The predicted octanol–water partition coefficient (Wildman–Crippen LogP) is 9.00. The minimum Gasteiger partial charge on any atom is -0.357 e. The van der Waals surface area contributed by atoms with Crippen LogP contribution in [0.25, 0.3) is 0 Å². The number of rotatable bonds is 2. The topological polar surface area (TPSA) is 61.4 Å². The van der Waals surface area contributed by atoms with E-state index >= 15 is 0 Å². The zero-order valence-corrected chi connectivity index (χ0v) is 24.3. The number of amides is 2. The van der Waals surface area contributed by atoms with Crippen LogP contribution in [0.3, 0.4) is 0 Å². The summed E-state index contributed by atoms with van der Waals surface area (Å²) >= 11 is 12.4. The average molecular weight is 563 g/mol. The van der Waals surface area contributed by atoms with E-state index in [-0.39, 0.29) is 22.6 Å². The largest absolute Gasteiger partial charge is 0.357 e. The molecule has 3 aromatic rings. The number of fused-ring (bicyclic) bond motifs is 2. The number of halogens is 2. The lowest BCUT2D eigenvalue weighted by Crippen LogP contribution is -2.45. The van der Waals surface area contributed by atoms with Gasteiger partial charge in [0.25, 0.3) is 0 Å². The number of hydrogen-bond acceptors (Lipinski definition) is 3. The second-order valence-corrected chi connectivity index (χ2v) is 12.9. The number of benzene rings is 3. The molecule has 1 aliphatic carbocycles. The van der Waals surface area contributed by atoms with E-state index in [2.05, 4.69) is 63.5 Å². The van der Waals surface area contributed by atoms with Crippen molar-refractivity contribution in [3.63, 3.8) is 0 Å². The summed E-state index contributed by atoms with van der Waals surface area (Å²) in [6.45, 7) is 10.6. The molecule has 2 amide bonds. The molecule has 0 spiro atoms. The van der Waals surface area contributed by atoms with Crippen LogP contribution in [0.4, 0.5) is 21.9 Å². The van der Waals surface area contributed by atoms with Gasteiger partial charge < -0.3 is 10.6 Å². The molecule has 202 valence electrons. The number of anilines is 3. The fourth-order valence-electron chi connectivity index (χ4n) is 5.51. The molecule has 0 saturated heterocycles. The zero-order valence-electron chi connectivity index (χ0n) is 22.8. The first-order chi connectivity index (χ1) is 18.3. The summed E-state index contributed by atoms with van der Waals surface area (Å²) in [6, 6.07) is 20.0. The van der Waals surface area contributed by atoms with Crippen LogP contribution in [0.15, 0.2) is 78.5 Å². The molecule has 39 heavy (non-hydrogen) atoms. The van der Waals surface area contributed by atoms with Crippen molar-refractivity contribution in [2.45, 2.75) is 52.5 Å². The van der Waals surface area contributed by atoms with Gasteiger partial charge in [0.2, 0.25) is 0 Å². The molecule has 2 N–H and O–H groups in total. The van der Waals surface area contributed by atoms with Crippen LogP contribution in [0.1, 0.15) is 58.2 Å². The summed E-state index contributed by atoms with van der Waals surface area (Å²) in [5.74, 6) is -0.472. The number of ketones is 1. The molecule has 1 heterocycles. The quantitative estimate of drug-likeness (QED) is 0.328. The van der Waals surface area contributed by atoms with E-state index in [1.807, 2.05) is 36.4 Å². The fraction of sp³-hybridized carbons (Fsp3) is 0.312. The summed E-state index contributed by atoms with van der Waals surface area (Å²) < 4.78 is 0. The number of hydrogen-bond donors (Lipinski definition) is 2. The predicted molar refractivity (Wildman–Crippen MR) is 161 cm³/mol. The van der Waals surface area contributed by atoms with Crippen LogP contribution in [0.5, 0.6) is 0 Å². The lowest BCUT2D eigenvalue weighted by Gasteiger charge is -2.39. The zero-order chi connectivity index (χ0) is 28.1. The highest BCUT2D eigenvalue weighted by Gasteiger charge is 2.46. The number of nitrogens with one attached hydrogen (secondary N) is 2. The van der Waals surface area contributed by atoms with Gasteiger partial charge in [0.15, 0.2) is 0 Å². The average Bonchev–Trinajstić information content (AvgIpc) is 2.99. The molecule has 1 aliphatic heterocycles. The van der Waals surface area contributed by atoms with Crippen LogP contribution in [0, 0.1) is 11.3 Å². The Hall–Kier alpha value is -3.28. The SMILES string of the molecule is CC1(C)C=C2Nc3ccccc3N(C(=O)Nc3ccc(Cl)c(Cl)c3)[C@@H](c3ccc(C(C)(C)C)cc3)[C@@H]2C(=O)C1. The van der Waals surface area contributed by atoms with Crippen LogP contribution in [0.2, 0.25) is 10.0 Å². The molecular formula is C32H33Cl2N3O2. The molecular weight excluding hydrogens is 529 g/mol. The first-order valence-electron chi connectivity index (χ1n) is 13.1. The fourth-order valence-corrected chi connectivity index (χ4v) is 5.81. The number of Topliss-reactive ketones (excluding diaryl/α,β-unsaturated/α-hetero) is 1. The molecule has 2 aliphatic rings. The Labute approximate surface area is 240 Å². The van der Waals surface area contributed by atoms with E-state index in [9.17, 15) is 9.59 Å². The number of nitrogens with zero attached hydrogens (tertiary/aromatic N) is 1. The molecule has 2 atom stereocenters. The van der Waals surface area contributed by atoms with Gasteiger partial charge in [0.1, 0.15) is 5.78 Å². The number of para-hydroxylation sites is 2. The Balaban J connectivity index is 1.69. The highest BCUT2D eigenvalue weighted by Crippen LogP contribution is 2.49. The summed E-state index contributed by atoms with van der Waals surface area (Å²) in [7, 11) is 0. The monoisotopic (exact) mass is 561 g/mol. The van der Waals surface area contributed by atoms with Gasteiger partial charge in [-0.1, -0.05) is 100 Å². The third-order valence-electron chi connectivity index (χ3n) is 7.40. The Morgan fingerprint density at radius 2 is 1.69 bits per heavy atom. The summed E-state index contributed by atoms with van der Waals surface area (Å²) in [4.78, 5) is 29.8. The van der Waals surface area contributed by atoms with E-state index in [4.69, 9.17) is 23.2 Å². The Morgan fingerprint density at radius 1 is 1.00 bits per heavy atom. The van der Waals surface area contributed by atoms with Crippen molar-refractivity contribution in [1.29, 1.82) is 0 Å². The molecule has 5 nitrogen and oxygen atoms in total. The second-order valence-electron chi connectivity index (χ2n) is 12.1. The Kier molecular flexibility index (Phi) is 7.02. The number of allylic oxidation sites excluding steroid dienone is 1. The van der Waals surface area contributed by atoms with Gasteiger partial charge >= 0.3 is 6.03 Å². The summed E-state index contributed by atoms with van der Waals surface area (Å²) in [6.07, 6.45) is 2.53. The van der Waals surface area contributed by atoms with Crippen molar-refractivity contribution < 1.29 is 9.59 Å². The minimum atomic E-state index is -0.576. The van der Waals surface area contributed by atoms with Gasteiger partial charge in [0.05, 0.1) is 33.4 Å². The molecule has 0 radical (unpaired) electrons. The Morgan fingerprint density at radius 3 is 2.36 bits per heavy atom. The van der Waals surface area contributed by atoms with Gasteiger partial charge in [-0.25, -0.2) is 4.79 Å². The number of carbonyl (C=O) groups is 2. The molecule has 0 fully saturated rings. The van der Waals surface area contributed by atoms with E-state index in [1.54, 1.807) is 23.1 Å². The normalized spacial score (nSPS) is 20.2. The van der Waals surface area contributed by atoms with Gasteiger partial charge in [0, 0.05) is 17.8 Å². The first-order valence-corrected chi connectivity index (χ1v) is 13.9. The molecule has 5 rings (SSSR count). The van der Waals surface area contributed by atoms with Gasteiger partial charge in [-0.2, -0.15) is 0 Å². The van der Waals surface area contributed by atoms with Crippen LogP contribution in [-0.2, 0) is 10.2 Å². The van der Waals surface area contributed by atoms with E-state index in [1.165, 1.54) is 5.56 Å². The van der Waals surface area contributed by atoms with Crippen molar-refractivity contribution in [2.24, 2.45) is 11.3 Å². The summed E-state index contributed by atoms with van der Waals surface area (Å²) in [5, 5.41) is 7.27. The third-order valence-corrected chi connectivity index (χ3v) is 8.14. The minimum absolute atomic E-state index is 0.0310. The van der Waals surface area contributed by atoms with Crippen molar-refractivity contribution in [3.05, 3.63) is 99.7 Å². The van der Waals surface area contributed by atoms with Crippen molar-refractivity contribution in [3.8, 4) is 0 Å². The van der Waals surface area contributed by atoms with E-state index in [0.717, 1.165) is 16.9 Å². The van der Waals surface area contributed by atoms with E-state index < -0.39 is 12.0 Å². The molecule has 0 unspecified atom stereocenters.